The van der Waals surface area contributed by atoms with Crippen molar-refractivity contribution in [2.45, 2.75) is 68.9 Å². The number of fused-ring (bicyclic) bond motifs is 4. The number of hydrogen-bond donors (Lipinski definition) is 0. The summed E-state index contributed by atoms with van der Waals surface area (Å²) in [6.45, 7) is 16.5. The van der Waals surface area contributed by atoms with Gasteiger partial charge < -0.3 is 0 Å². The molecule has 0 nitrogen and oxygen atoms in total. The summed E-state index contributed by atoms with van der Waals surface area (Å²) in [5.41, 5.74) is 14.9. The van der Waals surface area contributed by atoms with Gasteiger partial charge in [-0.15, -0.1) is 0 Å². The number of rotatable bonds is 3. The molecule has 1 unspecified atom stereocenters. The van der Waals surface area contributed by atoms with Crippen molar-refractivity contribution in [3.05, 3.63) is 136 Å². The summed E-state index contributed by atoms with van der Waals surface area (Å²) >= 11 is -3.69. The Morgan fingerprint density at radius 2 is 1.07 bits per heavy atom. The molecule has 0 fully saturated rings. The van der Waals surface area contributed by atoms with Crippen LogP contribution in [0.15, 0.2) is 97.1 Å². The third-order valence-electron chi connectivity index (χ3n) is 9.72. The quantitative estimate of drug-likeness (QED) is 0.200. The molecule has 0 heterocycles. The van der Waals surface area contributed by atoms with Crippen LogP contribution in [0.5, 0.6) is 0 Å². The molecule has 0 saturated heterocycles. The van der Waals surface area contributed by atoms with Crippen LogP contribution < -0.4 is 0 Å². The van der Waals surface area contributed by atoms with Crippen molar-refractivity contribution in [2.24, 2.45) is 0 Å². The van der Waals surface area contributed by atoms with Gasteiger partial charge in [0.05, 0.1) is 0 Å². The van der Waals surface area contributed by atoms with Crippen molar-refractivity contribution in [2.75, 3.05) is 0 Å². The third kappa shape index (κ3) is 4.42. The number of hydrogen-bond acceptors (Lipinski definition) is 0. The van der Waals surface area contributed by atoms with Gasteiger partial charge in [-0.1, -0.05) is 0 Å². The monoisotopic (exact) mass is 618 g/mol. The molecule has 0 amide bonds. The van der Waals surface area contributed by atoms with Gasteiger partial charge in [0.2, 0.25) is 0 Å². The van der Waals surface area contributed by atoms with Crippen LogP contribution in [-0.2, 0) is 28.2 Å². The fraction of sp³-hybridized carbons (Fsp3) is 0.316. The maximum atomic E-state index is 2.75. The Balaban J connectivity index is 1.63. The molecule has 0 aromatic heterocycles. The average molecular weight is 620 g/mol. The van der Waals surface area contributed by atoms with E-state index in [9.17, 15) is 0 Å². The average Bonchev–Trinajstić information content (AvgIpc) is 3.45. The van der Waals surface area contributed by atoms with Crippen molar-refractivity contribution >= 4 is 12.5 Å². The van der Waals surface area contributed by atoms with Gasteiger partial charge in [0.25, 0.3) is 0 Å². The summed E-state index contributed by atoms with van der Waals surface area (Å²) in [5, 5.41) is 0. The Morgan fingerprint density at radius 3 is 1.60 bits per heavy atom. The van der Waals surface area contributed by atoms with E-state index in [0.717, 1.165) is 0 Å². The number of benzene rings is 4. The van der Waals surface area contributed by atoms with E-state index in [1.807, 2.05) is 0 Å². The van der Waals surface area contributed by atoms with Crippen LogP contribution in [0.1, 0.15) is 87.7 Å². The predicted octanol–water partition coefficient (Wildman–Crippen LogP) is 9.87. The molecule has 6 rings (SSSR count). The summed E-state index contributed by atoms with van der Waals surface area (Å²) in [6, 6.07) is 35.1. The van der Waals surface area contributed by atoms with Crippen LogP contribution in [0.3, 0.4) is 0 Å². The molecule has 2 aliphatic carbocycles. The van der Waals surface area contributed by atoms with Crippen LogP contribution >= 0.6 is 0 Å². The maximum absolute atomic E-state index is 3.69. The SMILES string of the molecule is CC(C)(C)c1ccc2c(c1)[CH]([Zr]([CH3])([CH3])(=[SiH2])[CH]1C=C(c3ccccc3)c3ccccc31)c1cc(C(C)(C)C)ccc1-2. The van der Waals surface area contributed by atoms with Crippen molar-refractivity contribution in [1.82, 2.24) is 0 Å². The van der Waals surface area contributed by atoms with Crippen molar-refractivity contribution in [1.29, 1.82) is 0 Å². The topological polar surface area (TPSA) is 0 Å². The normalized spacial score (nSPS) is 17.3. The second kappa shape index (κ2) is 9.11. The van der Waals surface area contributed by atoms with Gasteiger partial charge in [-0.25, -0.2) is 0 Å². The molecule has 4 aromatic carbocycles. The van der Waals surface area contributed by atoms with Crippen LogP contribution in [-0.4, -0.2) is 6.88 Å². The number of allylic oxidation sites excluding steroid dienone is 1. The molecule has 0 saturated carbocycles. The van der Waals surface area contributed by atoms with E-state index in [0.29, 0.717) is 7.25 Å². The molecule has 40 heavy (non-hydrogen) atoms. The molecule has 4 aromatic rings. The van der Waals surface area contributed by atoms with Gasteiger partial charge in [0.1, 0.15) is 0 Å². The predicted molar refractivity (Wildman–Crippen MR) is 174 cm³/mol. The first-order valence-corrected chi connectivity index (χ1v) is 28.6. The summed E-state index contributed by atoms with van der Waals surface area (Å²) in [5.74, 6) is 0. The first-order valence-electron chi connectivity index (χ1n) is 14.9. The first kappa shape index (κ1) is 27.9. The standard InChI is InChI=1S/C21H25.C15H11.2CH3.H2Si.Zr/c1-20(2,3)16-7-9-18-14(12-16)11-15-13-17(21(4,5)6)8-10-19(15)18;1-2-6-12(7-3-1)15-11-10-13-8-4-5-9-14(13)15;;;;/h7-13H,1-6H3;1-11H;2*1H3;1H2;. The second-order valence-electron chi connectivity index (χ2n) is 15.5. The van der Waals surface area contributed by atoms with Gasteiger partial charge in [-0.2, -0.15) is 0 Å². The summed E-state index contributed by atoms with van der Waals surface area (Å²) in [6.07, 6.45) is 2.68. The van der Waals surface area contributed by atoms with Crippen LogP contribution in [0.25, 0.3) is 16.7 Å². The molecule has 0 bridgehead atoms. The molecule has 0 N–H and O–H groups in total. The Kier molecular flexibility index (Phi) is 6.35. The van der Waals surface area contributed by atoms with Crippen LogP contribution in [0, 0.1) is 0 Å². The molecule has 2 aliphatic rings. The van der Waals surface area contributed by atoms with Crippen LogP contribution in [0.2, 0.25) is 9.26 Å². The van der Waals surface area contributed by atoms with E-state index in [1.54, 1.807) is 16.7 Å². The van der Waals surface area contributed by atoms with Crippen molar-refractivity contribution in [3.8, 4) is 11.1 Å². The van der Waals surface area contributed by atoms with Gasteiger partial charge >= 0.3 is 246 Å². The van der Waals surface area contributed by atoms with Gasteiger partial charge in [-0.05, 0) is 0 Å². The molecule has 204 valence electrons. The Morgan fingerprint density at radius 1 is 0.575 bits per heavy atom. The minimum atomic E-state index is -3.69. The fourth-order valence-corrected chi connectivity index (χ4v) is 24.0. The van der Waals surface area contributed by atoms with Crippen molar-refractivity contribution < 1.29 is 17.4 Å². The Bertz CT molecular complexity index is 1670. The summed E-state index contributed by atoms with van der Waals surface area (Å²) in [4.78, 5) is 0. The van der Waals surface area contributed by atoms with Crippen molar-refractivity contribution in [3.63, 3.8) is 0 Å². The molecule has 0 radical (unpaired) electrons. The Labute approximate surface area is 244 Å². The first-order chi connectivity index (χ1) is 18.7. The summed E-state index contributed by atoms with van der Waals surface area (Å²) in [7, 11) is 0. The minimum absolute atomic E-state index is 0.119. The molecular formula is C38H44SiZr. The molecule has 0 aliphatic heterocycles. The van der Waals surface area contributed by atoms with E-state index in [-0.39, 0.29) is 10.8 Å². The van der Waals surface area contributed by atoms with Crippen LogP contribution in [0.4, 0.5) is 0 Å². The fourth-order valence-electron chi connectivity index (χ4n) is 7.41. The zero-order chi connectivity index (χ0) is 28.7. The van der Waals surface area contributed by atoms with Gasteiger partial charge in [-0.3, -0.25) is 0 Å². The van der Waals surface area contributed by atoms with E-state index >= 15 is 0 Å². The molecule has 2 heteroatoms. The molecule has 1 atom stereocenters. The molecule has 0 spiro atoms. The van der Waals surface area contributed by atoms with Gasteiger partial charge in [0, 0.05) is 0 Å². The van der Waals surface area contributed by atoms with E-state index in [1.165, 1.54) is 39.0 Å². The zero-order valence-electron chi connectivity index (χ0n) is 25.6. The third-order valence-corrected chi connectivity index (χ3v) is 27.1. The van der Waals surface area contributed by atoms with E-state index < -0.39 is 17.4 Å². The zero-order valence-corrected chi connectivity index (χ0v) is 29.5. The van der Waals surface area contributed by atoms with E-state index in [2.05, 4.69) is 155 Å². The molecular weight excluding hydrogens is 576 g/mol. The Hall–Kier alpha value is -2.28. The van der Waals surface area contributed by atoms with Gasteiger partial charge in [0.15, 0.2) is 0 Å². The van der Waals surface area contributed by atoms with E-state index in [4.69, 9.17) is 0 Å². The second-order valence-corrected chi connectivity index (χ2v) is 46.1. The summed E-state index contributed by atoms with van der Waals surface area (Å²) < 4.78 is 6.45.